The Morgan fingerprint density at radius 1 is 0.894 bits per heavy atom. The van der Waals surface area contributed by atoms with Crippen molar-refractivity contribution in [3.05, 3.63) is 110 Å². The summed E-state index contributed by atoms with van der Waals surface area (Å²) in [6.45, 7) is 7.33. The standard InChI is InChI=1S/C37H39ClN4O5/c1-24-19-29-32(43)22-34(47-33(29)20-25(24)2)36(45)39-30(21-26-10-12-28(38)13-11-26)37(46)41-17-15-40(16-18-41)31-8-4-3-7-27(31)23-42-14-6-5-9-35(42)44/h3-4,7-8,10-13,19-20,22,30H,5-6,9,14-18,21,23H2,1-2H3,(H,39,45)/t30-/m1/s1. The first-order valence-electron chi connectivity index (χ1n) is 16.2. The molecule has 0 saturated carbocycles. The van der Waals surface area contributed by atoms with Crippen molar-refractivity contribution in [2.24, 2.45) is 0 Å². The number of likely N-dealkylation sites (tertiary alicyclic amines) is 1. The second-order valence-electron chi connectivity index (χ2n) is 12.5. The smallest absolute Gasteiger partial charge is 0.287 e. The Labute approximate surface area is 279 Å². The van der Waals surface area contributed by atoms with Gasteiger partial charge >= 0.3 is 0 Å². The van der Waals surface area contributed by atoms with Crippen molar-refractivity contribution in [3.8, 4) is 0 Å². The zero-order valence-corrected chi connectivity index (χ0v) is 27.5. The van der Waals surface area contributed by atoms with Crippen LogP contribution in [0, 0.1) is 13.8 Å². The van der Waals surface area contributed by atoms with Crippen LogP contribution in [-0.4, -0.2) is 66.3 Å². The van der Waals surface area contributed by atoms with Crippen LogP contribution in [0.1, 0.15) is 52.1 Å². The van der Waals surface area contributed by atoms with Crippen LogP contribution in [0.4, 0.5) is 5.69 Å². The number of halogens is 1. The zero-order valence-electron chi connectivity index (χ0n) is 26.8. The molecule has 4 aromatic rings. The first-order valence-corrected chi connectivity index (χ1v) is 16.5. The van der Waals surface area contributed by atoms with E-state index in [0.717, 1.165) is 47.3 Å². The number of benzene rings is 3. The molecule has 3 heterocycles. The van der Waals surface area contributed by atoms with Crippen LogP contribution in [0.3, 0.4) is 0 Å². The van der Waals surface area contributed by atoms with Gasteiger partial charge in [0.2, 0.25) is 11.8 Å². The highest BCUT2D eigenvalue weighted by molar-refractivity contribution is 6.30. The lowest BCUT2D eigenvalue weighted by molar-refractivity contribution is -0.134. The van der Waals surface area contributed by atoms with Gasteiger partial charge in [0.15, 0.2) is 11.2 Å². The van der Waals surface area contributed by atoms with E-state index in [9.17, 15) is 19.2 Å². The number of para-hydroxylation sites is 1. The maximum absolute atomic E-state index is 14.0. The van der Waals surface area contributed by atoms with Crippen LogP contribution in [-0.2, 0) is 22.6 Å². The van der Waals surface area contributed by atoms with E-state index in [1.54, 1.807) is 29.2 Å². The van der Waals surface area contributed by atoms with Crippen molar-refractivity contribution in [2.45, 2.75) is 52.1 Å². The number of piperazine rings is 1. The van der Waals surface area contributed by atoms with Crippen molar-refractivity contribution in [1.82, 2.24) is 15.1 Å². The van der Waals surface area contributed by atoms with Gasteiger partial charge in [-0.15, -0.1) is 0 Å². The molecule has 47 heavy (non-hydrogen) atoms. The van der Waals surface area contributed by atoms with E-state index in [1.165, 1.54) is 6.07 Å². The monoisotopic (exact) mass is 654 g/mol. The van der Waals surface area contributed by atoms with Crippen LogP contribution in [0.15, 0.2) is 75.9 Å². The second-order valence-corrected chi connectivity index (χ2v) is 12.9. The fraction of sp³-hybridized carbons (Fsp3) is 0.351. The first kappa shape index (κ1) is 32.3. The lowest BCUT2D eigenvalue weighted by Gasteiger charge is -2.39. The minimum Gasteiger partial charge on any atom is -0.451 e. The molecule has 9 nitrogen and oxygen atoms in total. The SMILES string of the molecule is Cc1cc2oc(C(=O)N[C@H](Cc3ccc(Cl)cc3)C(=O)N3CCN(c4ccccc4CN4CCCCC4=O)CC3)cc(=O)c2cc1C. The van der Waals surface area contributed by atoms with Gasteiger partial charge in [0.25, 0.3) is 5.91 Å². The molecule has 244 valence electrons. The van der Waals surface area contributed by atoms with Crippen molar-refractivity contribution >= 4 is 46.0 Å². The summed E-state index contributed by atoms with van der Waals surface area (Å²) >= 11 is 6.11. The molecule has 3 amide bonds. The molecule has 1 atom stereocenters. The van der Waals surface area contributed by atoms with Crippen molar-refractivity contribution < 1.29 is 18.8 Å². The van der Waals surface area contributed by atoms with Crippen LogP contribution in [0.2, 0.25) is 5.02 Å². The molecule has 0 spiro atoms. The van der Waals surface area contributed by atoms with Gasteiger partial charge in [-0.3, -0.25) is 19.2 Å². The third-order valence-corrected chi connectivity index (χ3v) is 9.48. The number of hydrogen-bond acceptors (Lipinski definition) is 6. The van der Waals surface area contributed by atoms with Gasteiger partial charge in [-0.2, -0.15) is 0 Å². The van der Waals surface area contributed by atoms with Gasteiger partial charge < -0.3 is 24.4 Å². The van der Waals surface area contributed by atoms with Crippen LogP contribution in [0.5, 0.6) is 0 Å². The minimum absolute atomic E-state index is 0.145. The third-order valence-electron chi connectivity index (χ3n) is 9.23. The van der Waals surface area contributed by atoms with Crippen molar-refractivity contribution in [2.75, 3.05) is 37.6 Å². The molecule has 0 unspecified atom stereocenters. The summed E-state index contributed by atoms with van der Waals surface area (Å²) in [7, 11) is 0. The molecule has 2 aliphatic rings. The lowest BCUT2D eigenvalue weighted by atomic mass is 10.0. The molecule has 0 bridgehead atoms. The number of piperidine rings is 1. The summed E-state index contributed by atoms with van der Waals surface area (Å²) in [4.78, 5) is 58.9. The topological polar surface area (TPSA) is 103 Å². The molecule has 1 N–H and O–H groups in total. The number of carbonyl (C=O) groups is 3. The van der Waals surface area contributed by atoms with Gasteiger partial charge in [-0.25, -0.2) is 0 Å². The normalized spacial score (nSPS) is 16.0. The van der Waals surface area contributed by atoms with E-state index >= 15 is 0 Å². The Balaban J connectivity index is 1.18. The lowest BCUT2D eigenvalue weighted by Crippen LogP contribution is -2.55. The van der Waals surface area contributed by atoms with Gasteiger partial charge in [0.1, 0.15) is 11.6 Å². The Morgan fingerprint density at radius 3 is 2.36 bits per heavy atom. The number of carbonyl (C=O) groups excluding carboxylic acids is 3. The molecule has 1 aromatic heterocycles. The highest BCUT2D eigenvalue weighted by Gasteiger charge is 2.31. The van der Waals surface area contributed by atoms with E-state index in [2.05, 4.69) is 22.3 Å². The number of fused-ring (bicyclic) bond motifs is 1. The summed E-state index contributed by atoms with van der Waals surface area (Å²) < 4.78 is 5.88. The highest BCUT2D eigenvalue weighted by atomic mass is 35.5. The molecular weight excluding hydrogens is 616 g/mol. The largest absolute Gasteiger partial charge is 0.451 e. The molecular formula is C37H39ClN4O5. The van der Waals surface area contributed by atoms with Gasteiger partial charge in [0, 0.05) is 68.9 Å². The Bertz CT molecular complexity index is 1860. The van der Waals surface area contributed by atoms with Crippen LogP contribution < -0.4 is 15.6 Å². The molecule has 2 saturated heterocycles. The molecule has 6 rings (SSSR count). The van der Waals surface area contributed by atoms with Crippen LogP contribution in [0.25, 0.3) is 11.0 Å². The van der Waals surface area contributed by atoms with E-state index in [-0.39, 0.29) is 29.4 Å². The first-order chi connectivity index (χ1) is 22.7. The molecule has 2 fully saturated rings. The fourth-order valence-corrected chi connectivity index (χ4v) is 6.51. The average Bonchev–Trinajstić information content (AvgIpc) is 3.07. The quantitative estimate of drug-likeness (QED) is 0.278. The van der Waals surface area contributed by atoms with Crippen LogP contribution >= 0.6 is 11.6 Å². The Hall–Kier alpha value is -4.63. The third kappa shape index (κ3) is 7.36. The second kappa shape index (κ2) is 14.0. The predicted octanol–water partition coefficient (Wildman–Crippen LogP) is 5.27. The molecule has 10 heteroatoms. The van der Waals surface area contributed by atoms with E-state index in [0.29, 0.717) is 55.1 Å². The number of hydrogen-bond donors (Lipinski definition) is 1. The average molecular weight is 655 g/mol. The molecule has 0 radical (unpaired) electrons. The summed E-state index contributed by atoms with van der Waals surface area (Å²) in [6.07, 6.45) is 2.81. The van der Waals surface area contributed by atoms with Crippen molar-refractivity contribution in [3.63, 3.8) is 0 Å². The highest BCUT2D eigenvalue weighted by Crippen LogP contribution is 2.26. The van der Waals surface area contributed by atoms with Gasteiger partial charge in [-0.05, 0) is 79.3 Å². The molecule has 0 aliphatic carbocycles. The maximum atomic E-state index is 14.0. The van der Waals surface area contributed by atoms with E-state index < -0.39 is 11.9 Å². The minimum atomic E-state index is -0.895. The van der Waals surface area contributed by atoms with Gasteiger partial charge in [0.05, 0.1) is 5.39 Å². The van der Waals surface area contributed by atoms with Gasteiger partial charge in [-0.1, -0.05) is 41.9 Å². The Kier molecular flexibility index (Phi) is 9.63. The number of nitrogens with zero attached hydrogens (tertiary/aromatic N) is 3. The molecule has 2 aliphatic heterocycles. The van der Waals surface area contributed by atoms with E-state index in [1.807, 2.05) is 43.0 Å². The zero-order chi connectivity index (χ0) is 33.1. The number of rotatable bonds is 8. The fourth-order valence-electron chi connectivity index (χ4n) is 6.38. The molecule has 3 aromatic carbocycles. The van der Waals surface area contributed by atoms with E-state index in [4.69, 9.17) is 16.0 Å². The summed E-state index contributed by atoms with van der Waals surface area (Å²) in [5.74, 6) is -0.791. The maximum Gasteiger partial charge on any atom is 0.287 e. The van der Waals surface area contributed by atoms with Crippen molar-refractivity contribution in [1.29, 1.82) is 0 Å². The predicted molar refractivity (Wildman–Crippen MR) is 183 cm³/mol. The Morgan fingerprint density at radius 2 is 1.62 bits per heavy atom. The number of amides is 3. The number of nitrogens with one attached hydrogen (secondary N) is 1. The number of aryl methyl sites for hydroxylation is 2. The summed E-state index contributed by atoms with van der Waals surface area (Å²) in [5, 5.41) is 3.84. The summed E-state index contributed by atoms with van der Waals surface area (Å²) in [5.41, 5.74) is 4.90. The number of anilines is 1. The summed E-state index contributed by atoms with van der Waals surface area (Å²) in [6, 6.07) is 19.1.